The minimum atomic E-state index is -0.0643. The van der Waals surface area contributed by atoms with E-state index in [1.54, 1.807) is 0 Å². The van der Waals surface area contributed by atoms with Gasteiger partial charge in [-0.15, -0.1) is 0 Å². The molecule has 1 aromatic heterocycles. The summed E-state index contributed by atoms with van der Waals surface area (Å²) in [5.41, 5.74) is 3.06. The van der Waals surface area contributed by atoms with Gasteiger partial charge in [0.05, 0.1) is 6.54 Å². The molecule has 1 N–H and O–H groups in total. The van der Waals surface area contributed by atoms with Crippen LogP contribution in [-0.4, -0.2) is 16.0 Å². The predicted molar refractivity (Wildman–Crippen MR) is 96.1 cm³/mol. The van der Waals surface area contributed by atoms with Gasteiger partial charge in [0.2, 0.25) is 17.6 Å². The number of amides is 1. The van der Waals surface area contributed by atoms with E-state index in [9.17, 15) is 4.79 Å². The van der Waals surface area contributed by atoms with Crippen LogP contribution < -0.4 is 5.32 Å². The summed E-state index contributed by atoms with van der Waals surface area (Å²) >= 11 is 5.85. The van der Waals surface area contributed by atoms with E-state index in [-0.39, 0.29) is 12.5 Å². The Morgan fingerprint density at radius 2 is 1.92 bits per heavy atom. The lowest BCUT2D eigenvalue weighted by atomic mass is 10.1. The van der Waals surface area contributed by atoms with E-state index in [1.165, 1.54) is 0 Å². The number of aryl methyl sites for hydroxylation is 2. The van der Waals surface area contributed by atoms with Gasteiger partial charge in [-0.2, -0.15) is 4.98 Å². The molecule has 2 aromatic carbocycles. The fourth-order valence-electron chi connectivity index (χ4n) is 2.43. The maximum atomic E-state index is 12.0. The third-order valence-electron chi connectivity index (χ3n) is 3.84. The molecule has 0 saturated heterocycles. The standard InChI is InChI=1S/C19H18ClN3O2/c1-13-4-2-3-5-16(13)19-22-18(25-23-19)12-21-17(24)11-8-14-6-9-15(20)10-7-14/h2-7,9-10H,8,11-12H2,1H3,(H,21,24). The van der Waals surface area contributed by atoms with E-state index >= 15 is 0 Å². The fraction of sp³-hybridized carbons (Fsp3) is 0.211. The van der Waals surface area contributed by atoms with Gasteiger partial charge in [0.15, 0.2) is 0 Å². The highest BCUT2D eigenvalue weighted by molar-refractivity contribution is 6.30. The summed E-state index contributed by atoms with van der Waals surface area (Å²) in [5, 5.41) is 7.46. The second kappa shape index (κ2) is 7.94. The van der Waals surface area contributed by atoms with Crippen molar-refractivity contribution in [3.63, 3.8) is 0 Å². The van der Waals surface area contributed by atoms with E-state index in [4.69, 9.17) is 16.1 Å². The van der Waals surface area contributed by atoms with Crippen molar-refractivity contribution in [1.82, 2.24) is 15.5 Å². The molecule has 1 amide bonds. The Kier molecular flexibility index (Phi) is 5.46. The largest absolute Gasteiger partial charge is 0.347 e. The molecule has 128 valence electrons. The lowest BCUT2D eigenvalue weighted by Crippen LogP contribution is -2.23. The Labute approximate surface area is 151 Å². The molecule has 0 spiro atoms. The first-order valence-electron chi connectivity index (χ1n) is 8.01. The third-order valence-corrected chi connectivity index (χ3v) is 4.10. The first-order valence-corrected chi connectivity index (χ1v) is 8.39. The van der Waals surface area contributed by atoms with Crippen LogP contribution in [0.25, 0.3) is 11.4 Å². The number of rotatable bonds is 6. The van der Waals surface area contributed by atoms with Crippen LogP contribution in [0.5, 0.6) is 0 Å². The van der Waals surface area contributed by atoms with Crippen molar-refractivity contribution in [2.45, 2.75) is 26.3 Å². The average molecular weight is 356 g/mol. The van der Waals surface area contributed by atoms with Crippen LogP contribution >= 0.6 is 11.6 Å². The maximum absolute atomic E-state index is 12.0. The van der Waals surface area contributed by atoms with Crippen LogP contribution in [0, 0.1) is 6.92 Å². The quantitative estimate of drug-likeness (QED) is 0.727. The summed E-state index contributed by atoms with van der Waals surface area (Å²) in [4.78, 5) is 16.3. The molecule has 1 heterocycles. The molecule has 6 heteroatoms. The molecule has 0 aliphatic carbocycles. The normalized spacial score (nSPS) is 10.6. The van der Waals surface area contributed by atoms with Gasteiger partial charge in [-0.1, -0.05) is 53.2 Å². The zero-order valence-electron chi connectivity index (χ0n) is 13.8. The van der Waals surface area contributed by atoms with Gasteiger partial charge >= 0.3 is 0 Å². The maximum Gasteiger partial charge on any atom is 0.246 e. The number of aromatic nitrogens is 2. The number of nitrogens with one attached hydrogen (secondary N) is 1. The number of halogens is 1. The van der Waals surface area contributed by atoms with Gasteiger partial charge in [-0.05, 0) is 36.6 Å². The summed E-state index contributed by atoms with van der Waals surface area (Å²) in [6, 6.07) is 15.3. The Morgan fingerprint density at radius 1 is 1.16 bits per heavy atom. The molecule has 0 bridgehead atoms. The predicted octanol–water partition coefficient (Wildman–Crippen LogP) is 3.95. The molecule has 0 unspecified atom stereocenters. The van der Waals surface area contributed by atoms with Crippen molar-refractivity contribution < 1.29 is 9.32 Å². The van der Waals surface area contributed by atoms with Gasteiger partial charge < -0.3 is 9.84 Å². The molecule has 3 rings (SSSR count). The number of hydrogen-bond donors (Lipinski definition) is 1. The van der Waals surface area contributed by atoms with E-state index in [0.29, 0.717) is 29.6 Å². The number of hydrogen-bond acceptors (Lipinski definition) is 4. The monoisotopic (exact) mass is 355 g/mol. The second-order valence-corrected chi connectivity index (χ2v) is 6.17. The van der Waals surface area contributed by atoms with Crippen LogP contribution in [0.4, 0.5) is 0 Å². The molecule has 0 atom stereocenters. The average Bonchev–Trinajstić information content (AvgIpc) is 3.08. The summed E-state index contributed by atoms with van der Waals surface area (Å²) in [6.07, 6.45) is 1.04. The third kappa shape index (κ3) is 4.67. The SMILES string of the molecule is Cc1ccccc1-c1noc(CNC(=O)CCc2ccc(Cl)cc2)n1. The van der Waals surface area contributed by atoms with Gasteiger partial charge in [-0.3, -0.25) is 4.79 Å². The van der Waals surface area contributed by atoms with Crippen LogP contribution in [0.3, 0.4) is 0 Å². The van der Waals surface area contributed by atoms with Gasteiger partial charge in [0.25, 0.3) is 0 Å². The second-order valence-electron chi connectivity index (χ2n) is 5.73. The zero-order valence-corrected chi connectivity index (χ0v) is 14.6. The Balaban J connectivity index is 1.51. The molecular formula is C19H18ClN3O2. The van der Waals surface area contributed by atoms with Crippen molar-refractivity contribution in [2.75, 3.05) is 0 Å². The summed E-state index contributed by atoms with van der Waals surface area (Å²) in [5.74, 6) is 0.854. The molecule has 3 aromatic rings. The van der Waals surface area contributed by atoms with Crippen molar-refractivity contribution in [3.8, 4) is 11.4 Å². The van der Waals surface area contributed by atoms with E-state index < -0.39 is 0 Å². The van der Waals surface area contributed by atoms with E-state index in [2.05, 4.69) is 15.5 Å². The molecule has 0 saturated carbocycles. The number of carbonyl (C=O) groups is 1. The highest BCUT2D eigenvalue weighted by atomic mass is 35.5. The van der Waals surface area contributed by atoms with Crippen LogP contribution in [0.1, 0.15) is 23.4 Å². The lowest BCUT2D eigenvalue weighted by molar-refractivity contribution is -0.121. The first-order chi connectivity index (χ1) is 12.1. The van der Waals surface area contributed by atoms with Crippen molar-refractivity contribution in [2.24, 2.45) is 0 Å². The molecule has 25 heavy (non-hydrogen) atoms. The highest BCUT2D eigenvalue weighted by Crippen LogP contribution is 2.19. The van der Waals surface area contributed by atoms with Crippen LogP contribution in [-0.2, 0) is 17.8 Å². The molecule has 0 aliphatic rings. The number of benzene rings is 2. The molecule has 0 fully saturated rings. The Morgan fingerprint density at radius 3 is 2.68 bits per heavy atom. The van der Waals surface area contributed by atoms with Gasteiger partial charge in [-0.25, -0.2) is 0 Å². The van der Waals surface area contributed by atoms with Crippen molar-refractivity contribution >= 4 is 17.5 Å². The molecule has 0 radical (unpaired) electrons. The van der Waals surface area contributed by atoms with Gasteiger partial charge in [0, 0.05) is 17.0 Å². The zero-order chi connectivity index (χ0) is 17.6. The van der Waals surface area contributed by atoms with Crippen LogP contribution in [0.2, 0.25) is 5.02 Å². The Bertz CT molecular complexity index is 859. The minimum absolute atomic E-state index is 0.0643. The first kappa shape index (κ1) is 17.2. The summed E-state index contributed by atoms with van der Waals surface area (Å²) in [6.45, 7) is 2.21. The van der Waals surface area contributed by atoms with E-state index in [0.717, 1.165) is 16.7 Å². The van der Waals surface area contributed by atoms with Crippen molar-refractivity contribution in [1.29, 1.82) is 0 Å². The number of nitrogens with zero attached hydrogens (tertiary/aromatic N) is 2. The minimum Gasteiger partial charge on any atom is -0.347 e. The van der Waals surface area contributed by atoms with E-state index in [1.807, 2.05) is 55.5 Å². The summed E-state index contributed by atoms with van der Waals surface area (Å²) < 4.78 is 5.21. The van der Waals surface area contributed by atoms with Crippen LogP contribution in [0.15, 0.2) is 53.1 Å². The molecule has 0 aliphatic heterocycles. The topological polar surface area (TPSA) is 68.0 Å². The summed E-state index contributed by atoms with van der Waals surface area (Å²) in [7, 11) is 0. The number of carbonyl (C=O) groups excluding carboxylic acids is 1. The lowest BCUT2D eigenvalue weighted by Gasteiger charge is -2.03. The molecule has 5 nitrogen and oxygen atoms in total. The van der Waals surface area contributed by atoms with Crippen molar-refractivity contribution in [3.05, 3.63) is 70.6 Å². The van der Waals surface area contributed by atoms with Gasteiger partial charge in [0.1, 0.15) is 0 Å². The fourth-order valence-corrected chi connectivity index (χ4v) is 2.56. The highest BCUT2D eigenvalue weighted by Gasteiger charge is 2.11. The Hall–Kier alpha value is -2.66. The smallest absolute Gasteiger partial charge is 0.246 e. The molecular weight excluding hydrogens is 338 g/mol.